The maximum atomic E-state index is 15.2. The summed E-state index contributed by atoms with van der Waals surface area (Å²) in [5.74, 6) is -1.21. The Balaban J connectivity index is 1.77. The molecule has 1 amide bonds. The summed E-state index contributed by atoms with van der Waals surface area (Å²) in [4.78, 5) is 24.8. The summed E-state index contributed by atoms with van der Waals surface area (Å²) in [6.45, 7) is 6.16. The van der Waals surface area contributed by atoms with E-state index in [2.05, 4.69) is 20.6 Å². The molecule has 0 aliphatic carbocycles. The van der Waals surface area contributed by atoms with Gasteiger partial charge in [-0.2, -0.15) is 0 Å². The zero-order valence-electron chi connectivity index (χ0n) is 17.9. The highest BCUT2D eigenvalue weighted by atomic mass is 32.2. The van der Waals surface area contributed by atoms with E-state index < -0.39 is 43.2 Å². The maximum Gasteiger partial charge on any atom is 0.275 e. The summed E-state index contributed by atoms with van der Waals surface area (Å²) in [6, 6.07) is 4.95. The number of aliphatic imine (C=N–C) groups is 1. The van der Waals surface area contributed by atoms with Gasteiger partial charge in [-0.3, -0.25) is 15.1 Å². The SMILES string of the molecule is CC1(C)C(N)=N[C@](C)(c2nc(NC(=O)c3ccc(F)cn3)ccc2F)[C@@]2(CCN)NC=S12. The van der Waals surface area contributed by atoms with Gasteiger partial charge < -0.3 is 16.8 Å². The van der Waals surface area contributed by atoms with Crippen molar-refractivity contribution in [2.45, 2.75) is 42.3 Å². The van der Waals surface area contributed by atoms with E-state index in [9.17, 15) is 9.18 Å². The first kappa shape index (κ1) is 22.4. The summed E-state index contributed by atoms with van der Waals surface area (Å²) in [6.07, 6.45) is 1.47. The molecule has 6 N–H and O–H groups in total. The molecular weight excluding hydrogens is 436 g/mol. The summed E-state index contributed by atoms with van der Waals surface area (Å²) in [5, 5.41) is 5.94. The molecule has 3 atom stereocenters. The van der Waals surface area contributed by atoms with E-state index in [1.54, 1.807) is 6.92 Å². The van der Waals surface area contributed by atoms with Crippen LogP contribution in [0.1, 0.15) is 43.4 Å². The van der Waals surface area contributed by atoms with E-state index in [0.29, 0.717) is 18.8 Å². The average molecular weight is 462 g/mol. The summed E-state index contributed by atoms with van der Waals surface area (Å²) >= 11 is 0. The zero-order valence-corrected chi connectivity index (χ0v) is 18.8. The lowest BCUT2D eigenvalue weighted by atomic mass is 9.84. The van der Waals surface area contributed by atoms with Crippen LogP contribution in [0.25, 0.3) is 0 Å². The second-order valence-electron chi connectivity index (χ2n) is 8.39. The normalized spacial score (nSPS) is 28.1. The highest BCUT2D eigenvalue weighted by Crippen LogP contribution is 2.61. The van der Waals surface area contributed by atoms with Crippen LogP contribution < -0.4 is 22.1 Å². The molecule has 2 aliphatic heterocycles. The number of amidine groups is 1. The number of fused-ring (bicyclic) bond motifs is 1. The molecule has 0 radical (unpaired) electrons. The maximum absolute atomic E-state index is 15.2. The van der Waals surface area contributed by atoms with Crippen LogP contribution in [0.5, 0.6) is 0 Å². The molecule has 11 heteroatoms. The quantitative estimate of drug-likeness (QED) is 0.504. The van der Waals surface area contributed by atoms with Crippen molar-refractivity contribution in [3.8, 4) is 0 Å². The third kappa shape index (κ3) is 3.23. The van der Waals surface area contributed by atoms with E-state index in [1.807, 2.05) is 19.3 Å². The number of halogens is 2. The Morgan fingerprint density at radius 3 is 2.56 bits per heavy atom. The molecule has 4 heterocycles. The summed E-state index contributed by atoms with van der Waals surface area (Å²) < 4.78 is 27.8. The van der Waals surface area contributed by atoms with Crippen molar-refractivity contribution in [3.63, 3.8) is 0 Å². The molecule has 4 rings (SSSR count). The highest BCUT2D eigenvalue weighted by Gasteiger charge is 2.63. The van der Waals surface area contributed by atoms with E-state index in [1.165, 1.54) is 18.2 Å². The molecule has 0 bridgehead atoms. The van der Waals surface area contributed by atoms with Gasteiger partial charge in [0.05, 0.1) is 15.8 Å². The van der Waals surface area contributed by atoms with Crippen LogP contribution >= 0.6 is 10.5 Å². The molecule has 0 aromatic carbocycles. The van der Waals surface area contributed by atoms with Gasteiger partial charge in [-0.15, -0.1) is 10.5 Å². The number of rotatable bonds is 5. The summed E-state index contributed by atoms with van der Waals surface area (Å²) in [5.41, 5.74) is 13.1. The van der Waals surface area contributed by atoms with Gasteiger partial charge in [-0.05, 0) is 58.0 Å². The van der Waals surface area contributed by atoms with Gasteiger partial charge in [0.1, 0.15) is 40.2 Å². The highest BCUT2D eigenvalue weighted by molar-refractivity contribution is 8.19. The molecule has 32 heavy (non-hydrogen) atoms. The minimum absolute atomic E-state index is 0.00313. The fourth-order valence-electron chi connectivity index (χ4n) is 4.19. The van der Waals surface area contributed by atoms with Crippen molar-refractivity contribution >= 4 is 33.5 Å². The van der Waals surface area contributed by atoms with Gasteiger partial charge in [-0.1, -0.05) is 0 Å². The van der Waals surface area contributed by atoms with Crippen LogP contribution in [0.4, 0.5) is 14.6 Å². The molecule has 170 valence electrons. The predicted octanol–water partition coefficient (Wildman–Crippen LogP) is 2.05. The molecule has 0 saturated carbocycles. The second-order valence-corrected chi connectivity index (χ2v) is 11.0. The number of hydrogen-bond acceptors (Lipinski definition) is 7. The number of carbonyl (C=O) groups excluding carboxylic acids is 1. The molecule has 2 aliphatic rings. The second kappa shape index (κ2) is 7.68. The van der Waals surface area contributed by atoms with Crippen molar-refractivity contribution in [1.29, 1.82) is 0 Å². The van der Waals surface area contributed by atoms with E-state index in [4.69, 9.17) is 16.5 Å². The minimum Gasteiger partial charge on any atom is -0.386 e. The molecular formula is C21H25F2N7OS. The monoisotopic (exact) mass is 461 g/mol. The predicted molar refractivity (Wildman–Crippen MR) is 123 cm³/mol. The molecule has 1 unspecified atom stereocenters. The summed E-state index contributed by atoms with van der Waals surface area (Å²) in [7, 11) is -0.392. The van der Waals surface area contributed by atoms with Crippen molar-refractivity contribution in [1.82, 2.24) is 15.3 Å². The van der Waals surface area contributed by atoms with Gasteiger partial charge in [0.25, 0.3) is 5.91 Å². The third-order valence-electron chi connectivity index (χ3n) is 6.09. The number of nitrogens with zero attached hydrogens (tertiary/aromatic N) is 3. The Bertz CT molecular complexity index is 1150. The smallest absolute Gasteiger partial charge is 0.275 e. The average Bonchev–Trinajstić information content (AvgIpc) is 2.71. The number of hydrogen-bond donors (Lipinski definition) is 4. The van der Waals surface area contributed by atoms with E-state index >= 15 is 4.39 Å². The Labute approximate surface area is 186 Å². The number of nitrogens with one attached hydrogen (secondary N) is 2. The minimum atomic E-state index is -1.16. The van der Waals surface area contributed by atoms with E-state index in [-0.39, 0.29) is 17.2 Å². The Morgan fingerprint density at radius 1 is 1.22 bits per heavy atom. The Morgan fingerprint density at radius 2 is 1.97 bits per heavy atom. The number of carbonyl (C=O) groups is 1. The lowest BCUT2D eigenvalue weighted by molar-refractivity contribution is 0.102. The first-order chi connectivity index (χ1) is 15.0. The lowest BCUT2D eigenvalue weighted by Gasteiger charge is -2.60. The van der Waals surface area contributed by atoms with Gasteiger partial charge in [0.15, 0.2) is 0 Å². The molecule has 0 fully saturated rings. The van der Waals surface area contributed by atoms with Gasteiger partial charge in [-0.25, -0.2) is 18.7 Å². The van der Waals surface area contributed by atoms with Gasteiger partial charge >= 0.3 is 0 Å². The number of amides is 1. The number of anilines is 1. The fourth-order valence-corrected chi connectivity index (χ4v) is 7.06. The number of nitrogens with two attached hydrogens (primary N) is 2. The standard InChI is InChI=1S/C21H25F2N7OS/c1-19(2)18(25)30-20(3,21(8-9-24)27-11-32(19)21)16-13(23)5-7-15(28-16)29-17(31)14-6-4-12(22)10-26-14/h4-7,10-11,27H,8-9,24H2,1-3H3,(H2,25,30)(H,28,29,31)/t20-,21+,32?/m1/s1. The zero-order chi connectivity index (χ0) is 23.3. The van der Waals surface area contributed by atoms with Crippen molar-refractivity contribution in [3.05, 3.63) is 53.5 Å². The van der Waals surface area contributed by atoms with Crippen LogP contribution in [-0.4, -0.2) is 43.4 Å². The first-order valence-corrected chi connectivity index (χ1v) is 11.3. The molecule has 8 nitrogen and oxygen atoms in total. The topological polar surface area (TPSA) is 131 Å². The van der Waals surface area contributed by atoms with Crippen LogP contribution in [0, 0.1) is 11.6 Å². The Kier molecular flexibility index (Phi) is 5.38. The number of pyridine rings is 2. The molecule has 0 saturated heterocycles. The molecule has 2 aromatic rings. The van der Waals surface area contributed by atoms with Crippen LogP contribution in [0.3, 0.4) is 0 Å². The van der Waals surface area contributed by atoms with Crippen LogP contribution in [0.2, 0.25) is 0 Å². The largest absolute Gasteiger partial charge is 0.386 e. The third-order valence-corrected chi connectivity index (χ3v) is 9.22. The number of aromatic nitrogens is 2. The molecule has 0 spiro atoms. The Hall–Kier alpha value is -2.76. The lowest BCUT2D eigenvalue weighted by Crippen LogP contribution is -2.70. The van der Waals surface area contributed by atoms with Crippen molar-refractivity contribution in [2.75, 3.05) is 11.9 Å². The first-order valence-electron chi connectivity index (χ1n) is 10.1. The van der Waals surface area contributed by atoms with Gasteiger partial charge in [0.2, 0.25) is 0 Å². The molecule has 2 aromatic heterocycles. The fraction of sp³-hybridized carbons (Fsp3) is 0.381. The van der Waals surface area contributed by atoms with E-state index in [0.717, 1.165) is 12.3 Å². The van der Waals surface area contributed by atoms with Crippen molar-refractivity contribution in [2.24, 2.45) is 16.5 Å². The van der Waals surface area contributed by atoms with Crippen LogP contribution in [0.15, 0.2) is 35.5 Å². The van der Waals surface area contributed by atoms with Gasteiger partial charge in [0, 0.05) is 5.49 Å². The van der Waals surface area contributed by atoms with Crippen molar-refractivity contribution < 1.29 is 13.6 Å². The van der Waals surface area contributed by atoms with Crippen LogP contribution in [-0.2, 0) is 5.54 Å².